The Bertz CT molecular complexity index is 1330. The van der Waals surface area contributed by atoms with Gasteiger partial charge in [-0.3, -0.25) is 0 Å². The second-order valence-electron chi connectivity index (χ2n) is 11.5. The fourth-order valence-corrected chi connectivity index (χ4v) is 5.34. The van der Waals surface area contributed by atoms with E-state index in [0.717, 1.165) is 33.5 Å². The summed E-state index contributed by atoms with van der Waals surface area (Å²) in [7, 11) is 1.66. The van der Waals surface area contributed by atoms with Crippen LogP contribution in [0.3, 0.4) is 0 Å². The molecule has 3 aromatic rings. The van der Waals surface area contributed by atoms with Crippen molar-refractivity contribution in [1.82, 2.24) is 4.90 Å². The molecule has 1 aliphatic rings. The van der Waals surface area contributed by atoms with E-state index in [2.05, 4.69) is 28.1 Å². The predicted octanol–water partition coefficient (Wildman–Crippen LogP) is 7.89. The molecule has 4 rings (SSSR count). The lowest BCUT2D eigenvalue weighted by Crippen LogP contribution is -2.48. The minimum atomic E-state index is -0.589. The molecule has 9 heteroatoms. The van der Waals surface area contributed by atoms with E-state index in [1.54, 1.807) is 18.1 Å². The molecule has 1 amide bonds. The van der Waals surface area contributed by atoms with Crippen LogP contribution in [0.5, 0.6) is 11.5 Å². The van der Waals surface area contributed by atoms with Gasteiger partial charge < -0.3 is 28.6 Å². The zero-order valence-corrected chi connectivity index (χ0v) is 26.9. The van der Waals surface area contributed by atoms with Crippen molar-refractivity contribution in [2.45, 2.75) is 64.4 Å². The van der Waals surface area contributed by atoms with Crippen LogP contribution in [0, 0.1) is 5.82 Å². The SMILES string of the molecule is COc1ccccc1COCCCOc1ccc(C2CCN(C(=O)OC(C)(C)C)CC2OCc2cc(F)ccc2Br)cc1. The number of amides is 1. The second-order valence-corrected chi connectivity index (χ2v) is 12.4. The van der Waals surface area contributed by atoms with E-state index in [1.165, 1.54) is 12.1 Å². The Morgan fingerprint density at radius 1 is 1.00 bits per heavy atom. The molecular weight excluding hydrogens is 617 g/mol. The Labute approximate surface area is 262 Å². The van der Waals surface area contributed by atoms with Crippen LogP contribution < -0.4 is 9.47 Å². The summed E-state index contributed by atoms with van der Waals surface area (Å²) >= 11 is 3.48. The van der Waals surface area contributed by atoms with Crippen LogP contribution in [0.4, 0.5) is 9.18 Å². The van der Waals surface area contributed by atoms with Crippen LogP contribution in [0.1, 0.15) is 56.2 Å². The van der Waals surface area contributed by atoms with E-state index in [9.17, 15) is 9.18 Å². The Balaban J connectivity index is 1.33. The summed E-state index contributed by atoms with van der Waals surface area (Å²) in [5.41, 5.74) is 2.24. The van der Waals surface area contributed by atoms with Crippen LogP contribution in [-0.4, -0.2) is 56.1 Å². The van der Waals surface area contributed by atoms with Crippen LogP contribution in [0.2, 0.25) is 0 Å². The number of halogens is 2. The van der Waals surface area contributed by atoms with Gasteiger partial charge in [0.25, 0.3) is 0 Å². The summed E-state index contributed by atoms with van der Waals surface area (Å²) in [5, 5.41) is 0. The van der Waals surface area contributed by atoms with Crippen molar-refractivity contribution in [3.63, 3.8) is 0 Å². The summed E-state index contributed by atoms with van der Waals surface area (Å²) in [6.07, 6.45) is 0.800. The average molecular weight is 659 g/mol. The summed E-state index contributed by atoms with van der Waals surface area (Å²) in [6.45, 7) is 8.30. The van der Waals surface area contributed by atoms with Crippen LogP contribution in [-0.2, 0) is 27.4 Å². The second kappa shape index (κ2) is 15.5. The highest BCUT2D eigenvalue weighted by atomic mass is 79.9. The number of hydrogen-bond acceptors (Lipinski definition) is 6. The van der Waals surface area contributed by atoms with Crippen molar-refractivity contribution in [3.05, 3.63) is 93.7 Å². The van der Waals surface area contributed by atoms with Gasteiger partial charge in [0.2, 0.25) is 0 Å². The normalized spacial score (nSPS) is 17.0. The number of likely N-dealkylation sites (tertiary alicyclic amines) is 1. The first-order valence-electron chi connectivity index (χ1n) is 14.6. The van der Waals surface area contributed by atoms with E-state index in [-0.39, 0.29) is 30.5 Å². The first kappa shape index (κ1) is 32.8. The smallest absolute Gasteiger partial charge is 0.410 e. The van der Waals surface area contributed by atoms with Gasteiger partial charge in [-0.15, -0.1) is 0 Å². The lowest BCUT2D eigenvalue weighted by Gasteiger charge is -2.39. The van der Waals surface area contributed by atoms with Gasteiger partial charge in [0, 0.05) is 28.9 Å². The van der Waals surface area contributed by atoms with E-state index in [1.807, 2.05) is 57.2 Å². The first-order valence-corrected chi connectivity index (χ1v) is 15.4. The molecule has 0 aliphatic carbocycles. The number of ether oxygens (including phenoxy) is 5. The predicted molar refractivity (Wildman–Crippen MR) is 167 cm³/mol. The molecule has 43 heavy (non-hydrogen) atoms. The van der Waals surface area contributed by atoms with E-state index in [0.29, 0.717) is 44.9 Å². The first-order chi connectivity index (χ1) is 20.6. The highest BCUT2D eigenvalue weighted by molar-refractivity contribution is 9.10. The van der Waals surface area contributed by atoms with Crippen molar-refractivity contribution in [1.29, 1.82) is 0 Å². The van der Waals surface area contributed by atoms with Gasteiger partial charge in [0.05, 0.1) is 46.2 Å². The zero-order chi connectivity index (χ0) is 30.8. The number of piperidine rings is 1. The maximum atomic E-state index is 13.9. The Morgan fingerprint density at radius 2 is 1.77 bits per heavy atom. The third-order valence-corrected chi connectivity index (χ3v) is 7.91. The quantitative estimate of drug-likeness (QED) is 0.185. The van der Waals surface area contributed by atoms with Crippen molar-refractivity contribution in [2.24, 2.45) is 0 Å². The Kier molecular flexibility index (Phi) is 11.8. The highest BCUT2D eigenvalue weighted by Crippen LogP contribution is 2.33. The molecule has 1 heterocycles. The lowest BCUT2D eigenvalue weighted by molar-refractivity contribution is -0.0361. The van der Waals surface area contributed by atoms with Gasteiger partial charge in [-0.25, -0.2) is 9.18 Å². The third-order valence-electron chi connectivity index (χ3n) is 7.13. The topological polar surface area (TPSA) is 66.5 Å². The number of nitrogens with zero attached hydrogens (tertiary/aromatic N) is 1. The lowest BCUT2D eigenvalue weighted by atomic mass is 9.87. The van der Waals surface area contributed by atoms with E-state index < -0.39 is 5.60 Å². The van der Waals surface area contributed by atoms with Gasteiger partial charge in [0.15, 0.2) is 0 Å². The van der Waals surface area contributed by atoms with Crippen molar-refractivity contribution in [3.8, 4) is 11.5 Å². The molecule has 2 unspecified atom stereocenters. The monoisotopic (exact) mass is 657 g/mol. The fraction of sp³-hybridized carbons (Fsp3) is 0.441. The minimum Gasteiger partial charge on any atom is -0.496 e. The Morgan fingerprint density at radius 3 is 2.51 bits per heavy atom. The number of rotatable bonds is 12. The van der Waals surface area contributed by atoms with E-state index >= 15 is 0 Å². The van der Waals surface area contributed by atoms with Crippen molar-refractivity contribution in [2.75, 3.05) is 33.4 Å². The number of para-hydroxylation sites is 1. The molecule has 3 aromatic carbocycles. The van der Waals surface area contributed by atoms with Crippen LogP contribution in [0.25, 0.3) is 0 Å². The average Bonchev–Trinajstić information content (AvgIpc) is 2.99. The standard InChI is InChI=1S/C34H41BrFNO6/c1-34(2,3)43-33(38)37-17-16-29(32(21-37)42-23-26-20-27(36)12-15-30(26)35)24-10-13-28(14-11-24)41-19-7-18-40-22-25-8-5-6-9-31(25)39-4/h5-6,8-15,20,29,32H,7,16-19,21-23H2,1-4H3. The molecule has 2 atom stereocenters. The summed E-state index contributed by atoms with van der Waals surface area (Å²) in [6, 6.07) is 20.4. The van der Waals surface area contributed by atoms with Gasteiger partial charge in [-0.1, -0.05) is 46.3 Å². The molecule has 0 spiro atoms. The molecule has 7 nitrogen and oxygen atoms in total. The summed E-state index contributed by atoms with van der Waals surface area (Å²) in [4.78, 5) is 14.5. The number of carbonyl (C=O) groups is 1. The van der Waals surface area contributed by atoms with Gasteiger partial charge in [-0.05, 0) is 74.7 Å². The molecule has 1 aliphatic heterocycles. The van der Waals surface area contributed by atoms with Crippen molar-refractivity contribution >= 4 is 22.0 Å². The zero-order valence-electron chi connectivity index (χ0n) is 25.3. The van der Waals surface area contributed by atoms with Crippen LogP contribution >= 0.6 is 15.9 Å². The Hall–Kier alpha value is -3.14. The highest BCUT2D eigenvalue weighted by Gasteiger charge is 2.35. The minimum absolute atomic E-state index is 0.0449. The molecule has 0 aromatic heterocycles. The number of benzene rings is 3. The molecule has 0 saturated carbocycles. The number of methoxy groups -OCH3 is 1. The van der Waals surface area contributed by atoms with E-state index in [4.69, 9.17) is 23.7 Å². The molecule has 0 bridgehead atoms. The maximum absolute atomic E-state index is 13.9. The van der Waals surface area contributed by atoms with Gasteiger partial charge in [-0.2, -0.15) is 0 Å². The summed E-state index contributed by atoms with van der Waals surface area (Å²) < 4.78 is 43.8. The van der Waals surface area contributed by atoms with Gasteiger partial charge >= 0.3 is 6.09 Å². The summed E-state index contributed by atoms with van der Waals surface area (Å²) in [5.74, 6) is 1.32. The number of carbonyl (C=O) groups excluding carboxylic acids is 1. The molecular formula is C34H41BrFNO6. The third kappa shape index (κ3) is 9.95. The van der Waals surface area contributed by atoms with Gasteiger partial charge in [0.1, 0.15) is 22.9 Å². The fourth-order valence-electron chi connectivity index (χ4n) is 4.98. The molecule has 1 fully saturated rings. The molecule has 0 radical (unpaired) electrons. The largest absolute Gasteiger partial charge is 0.496 e. The molecule has 232 valence electrons. The maximum Gasteiger partial charge on any atom is 0.410 e. The van der Waals surface area contributed by atoms with Crippen LogP contribution in [0.15, 0.2) is 71.2 Å². The van der Waals surface area contributed by atoms with Crippen molar-refractivity contribution < 1.29 is 32.9 Å². The molecule has 1 saturated heterocycles. The molecule has 0 N–H and O–H groups in total. The number of hydrogen-bond donors (Lipinski definition) is 0.